The maximum atomic E-state index is 14.6. The zero-order chi connectivity index (χ0) is 27.1. The number of nitrogens with zero attached hydrogens (tertiary/aromatic N) is 2. The van der Waals surface area contributed by atoms with Crippen LogP contribution in [-0.4, -0.2) is 42.8 Å². The lowest BCUT2D eigenvalue weighted by molar-refractivity contribution is 0.0950. The van der Waals surface area contributed by atoms with Crippen LogP contribution in [0.4, 0.5) is 20.2 Å². The highest BCUT2D eigenvalue weighted by Gasteiger charge is 2.25. The van der Waals surface area contributed by atoms with Gasteiger partial charge in [0.1, 0.15) is 6.17 Å². The Kier molecular flexibility index (Phi) is 9.44. The summed E-state index contributed by atoms with van der Waals surface area (Å²) in [5, 5.41) is 9.19. The Morgan fingerprint density at radius 3 is 2.49 bits per heavy atom. The molecule has 0 saturated heterocycles. The fraction of sp³-hybridized carbons (Fsp3) is 0.379. The van der Waals surface area contributed by atoms with Crippen molar-refractivity contribution in [1.82, 2.24) is 10.2 Å². The molecule has 198 valence electrons. The fourth-order valence-corrected chi connectivity index (χ4v) is 4.05. The molecule has 2 aromatic rings. The highest BCUT2D eigenvalue weighted by Crippen LogP contribution is 2.26. The standard InChI is InChI=1S/C29H37F2N5O/c1-7-15-36(6)28(19(4)33-17-18(3)23-13-14-25(32-5)27(31)26(23)30)34-22-11-12-24(20(8-2)16-22)29(37)35-21-9-10-21/h7,11-17,21,28,32,34H,8-10H2,1-6H3,(H,35,37)/b15-7-,18-17+,33-19?. The van der Waals surface area contributed by atoms with Gasteiger partial charge in [0.15, 0.2) is 11.6 Å². The number of allylic oxidation sites excluding steroid dienone is 2. The second kappa shape index (κ2) is 12.5. The summed E-state index contributed by atoms with van der Waals surface area (Å²) in [5.74, 6) is -1.85. The van der Waals surface area contributed by atoms with Gasteiger partial charge in [-0.05, 0) is 87.7 Å². The van der Waals surface area contributed by atoms with Crippen LogP contribution in [0.2, 0.25) is 0 Å². The molecular weight excluding hydrogens is 472 g/mol. The number of anilines is 2. The Morgan fingerprint density at radius 2 is 1.86 bits per heavy atom. The van der Waals surface area contributed by atoms with Crippen LogP contribution in [0.5, 0.6) is 0 Å². The Hall–Kier alpha value is -3.68. The lowest BCUT2D eigenvalue weighted by atomic mass is 10.0. The van der Waals surface area contributed by atoms with Gasteiger partial charge < -0.3 is 20.9 Å². The summed E-state index contributed by atoms with van der Waals surface area (Å²) in [6.07, 6.45) is 7.89. The predicted molar refractivity (Wildman–Crippen MR) is 149 cm³/mol. The predicted octanol–water partition coefficient (Wildman–Crippen LogP) is 6.19. The number of aliphatic imine (C=N–C) groups is 1. The van der Waals surface area contributed by atoms with Crippen molar-refractivity contribution >= 4 is 28.6 Å². The van der Waals surface area contributed by atoms with Crippen LogP contribution in [0.1, 0.15) is 62.0 Å². The Labute approximate surface area is 218 Å². The minimum atomic E-state index is -0.915. The van der Waals surface area contributed by atoms with Crippen molar-refractivity contribution in [1.29, 1.82) is 0 Å². The molecule has 3 rings (SSSR count). The molecule has 0 aliphatic heterocycles. The SMILES string of the molecule is C/C=C\N(C)C(Nc1ccc(C(=O)NC2CC2)c(CC)c1)C(C)=N/C=C(\C)c1ccc(NC)c(F)c1F. The summed E-state index contributed by atoms with van der Waals surface area (Å²) in [7, 11) is 3.47. The number of benzene rings is 2. The van der Waals surface area contributed by atoms with E-state index in [1.807, 2.05) is 63.2 Å². The van der Waals surface area contributed by atoms with Gasteiger partial charge in [0.05, 0.1) is 11.4 Å². The van der Waals surface area contributed by atoms with E-state index in [2.05, 4.69) is 20.9 Å². The molecule has 1 saturated carbocycles. The molecule has 1 aliphatic carbocycles. The number of carbonyl (C=O) groups excluding carboxylic acids is 1. The lowest BCUT2D eigenvalue weighted by Crippen LogP contribution is -2.40. The van der Waals surface area contributed by atoms with Crippen molar-refractivity contribution in [2.45, 2.75) is 59.2 Å². The molecule has 0 radical (unpaired) electrons. The minimum absolute atomic E-state index is 0.0294. The van der Waals surface area contributed by atoms with Gasteiger partial charge in [-0.25, -0.2) is 8.78 Å². The Bertz CT molecular complexity index is 1220. The van der Waals surface area contributed by atoms with Crippen LogP contribution >= 0.6 is 0 Å². The summed E-state index contributed by atoms with van der Waals surface area (Å²) in [5.41, 5.74) is 4.00. The Balaban J connectivity index is 1.86. The van der Waals surface area contributed by atoms with Gasteiger partial charge in [0.2, 0.25) is 0 Å². The van der Waals surface area contributed by atoms with Crippen LogP contribution in [0.3, 0.4) is 0 Å². The second-order valence-electron chi connectivity index (χ2n) is 9.29. The molecule has 0 bridgehead atoms. The van der Waals surface area contributed by atoms with E-state index in [0.717, 1.165) is 36.2 Å². The van der Waals surface area contributed by atoms with Crippen LogP contribution in [0.15, 0.2) is 53.8 Å². The Morgan fingerprint density at radius 1 is 1.16 bits per heavy atom. The van der Waals surface area contributed by atoms with Gasteiger partial charge in [0.25, 0.3) is 5.91 Å². The van der Waals surface area contributed by atoms with Crippen molar-refractivity contribution in [2.24, 2.45) is 4.99 Å². The smallest absolute Gasteiger partial charge is 0.251 e. The molecule has 2 aromatic carbocycles. The van der Waals surface area contributed by atoms with Crippen molar-refractivity contribution in [3.8, 4) is 0 Å². The van der Waals surface area contributed by atoms with Crippen molar-refractivity contribution in [2.75, 3.05) is 24.7 Å². The summed E-state index contributed by atoms with van der Waals surface area (Å²) in [4.78, 5) is 19.2. The van der Waals surface area contributed by atoms with Gasteiger partial charge in [-0.2, -0.15) is 0 Å². The maximum Gasteiger partial charge on any atom is 0.251 e. The number of amides is 1. The molecule has 0 spiro atoms. The first-order valence-corrected chi connectivity index (χ1v) is 12.6. The first-order valence-electron chi connectivity index (χ1n) is 12.6. The average molecular weight is 510 g/mol. The van der Waals surface area contributed by atoms with Crippen molar-refractivity contribution < 1.29 is 13.6 Å². The van der Waals surface area contributed by atoms with Crippen LogP contribution in [0.25, 0.3) is 5.57 Å². The van der Waals surface area contributed by atoms with E-state index in [0.29, 0.717) is 17.2 Å². The fourth-order valence-electron chi connectivity index (χ4n) is 4.05. The summed E-state index contributed by atoms with van der Waals surface area (Å²) in [6, 6.07) is 9.09. The van der Waals surface area contributed by atoms with Crippen LogP contribution in [-0.2, 0) is 6.42 Å². The van der Waals surface area contributed by atoms with E-state index in [4.69, 9.17) is 0 Å². The highest BCUT2D eigenvalue weighted by atomic mass is 19.2. The normalized spacial score (nSPS) is 15.0. The molecule has 0 aromatic heterocycles. The number of carbonyl (C=O) groups is 1. The highest BCUT2D eigenvalue weighted by molar-refractivity contribution is 5.97. The van der Waals surface area contributed by atoms with Gasteiger partial charge in [-0.15, -0.1) is 0 Å². The second-order valence-corrected chi connectivity index (χ2v) is 9.29. The average Bonchev–Trinajstić information content (AvgIpc) is 3.71. The molecule has 1 fully saturated rings. The van der Waals surface area contributed by atoms with E-state index in [1.54, 1.807) is 20.2 Å². The quantitative estimate of drug-likeness (QED) is 0.250. The molecular formula is C29H37F2N5O. The van der Waals surface area contributed by atoms with Gasteiger partial charge >= 0.3 is 0 Å². The van der Waals surface area contributed by atoms with Gasteiger partial charge in [-0.3, -0.25) is 9.79 Å². The third kappa shape index (κ3) is 6.96. The number of halogens is 2. The van der Waals surface area contributed by atoms with Crippen molar-refractivity contribution in [3.05, 3.63) is 77.1 Å². The third-order valence-corrected chi connectivity index (χ3v) is 6.37. The zero-order valence-electron chi connectivity index (χ0n) is 22.5. The first kappa shape index (κ1) is 27.9. The number of hydrogen-bond donors (Lipinski definition) is 3. The molecule has 1 aliphatic rings. The number of rotatable bonds is 11. The number of hydrogen-bond acceptors (Lipinski definition) is 5. The minimum Gasteiger partial charge on any atom is -0.386 e. The monoisotopic (exact) mass is 509 g/mol. The number of aryl methyl sites for hydroxylation is 1. The summed E-state index contributed by atoms with van der Waals surface area (Å²) < 4.78 is 28.8. The lowest BCUT2D eigenvalue weighted by Gasteiger charge is -2.29. The topological polar surface area (TPSA) is 68.8 Å². The summed E-state index contributed by atoms with van der Waals surface area (Å²) >= 11 is 0. The summed E-state index contributed by atoms with van der Waals surface area (Å²) in [6.45, 7) is 7.53. The molecule has 3 N–H and O–H groups in total. The molecule has 6 nitrogen and oxygen atoms in total. The van der Waals surface area contributed by atoms with Gasteiger partial charge in [-0.1, -0.05) is 13.0 Å². The van der Waals surface area contributed by atoms with E-state index in [9.17, 15) is 13.6 Å². The van der Waals surface area contributed by atoms with E-state index >= 15 is 0 Å². The largest absolute Gasteiger partial charge is 0.386 e. The molecule has 1 atom stereocenters. The zero-order valence-corrected chi connectivity index (χ0v) is 22.5. The molecule has 0 heterocycles. The molecule has 1 unspecified atom stereocenters. The van der Waals surface area contributed by atoms with E-state index in [1.165, 1.54) is 12.1 Å². The van der Waals surface area contributed by atoms with Crippen LogP contribution in [0, 0.1) is 11.6 Å². The van der Waals surface area contributed by atoms with E-state index < -0.39 is 11.6 Å². The first-order chi connectivity index (χ1) is 17.7. The van der Waals surface area contributed by atoms with Crippen LogP contribution < -0.4 is 16.0 Å². The number of nitrogens with one attached hydrogen (secondary N) is 3. The molecule has 37 heavy (non-hydrogen) atoms. The van der Waals surface area contributed by atoms with Crippen molar-refractivity contribution in [3.63, 3.8) is 0 Å². The maximum absolute atomic E-state index is 14.6. The molecule has 1 amide bonds. The third-order valence-electron chi connectivity index (χ3n) is 6.37. The van der Waals surface area contributed by atoms with Gasteiger partial charge in [0, 0.05) is 43.2 Å². The molecule has 8 heteroatoms. The van der Waals surface area contributed by atoms with E-state index in [-0.39, 0.29) is 23.3 Å².